The Labute approximate surface area is 177 Å². The fraction of sp³-hybridized carbons (Fsp3) is 0.211. The molecule has 0 spiro atoms. The molecule has 2 heterocycles. The van der Waals surface area contributed by atoms with Crippen LogP contribution >= 0.6 is 23.2 Å². The van der Waals surface area contributed by atoms with Gasteiger partial charge in [0.1, 0.15) is 16.2 Å². The first-order valence-electron chi connectivity index (χ1n) is 8.74. The molecule has 0 unspecified atom stereocenters. The van der Waals surface area contributed by atoms with E-state index in [1.807, 2.05) is 0 Å². The summed E-state index contributed by atoms with van der Waals surface area (Å²) < 4.78 is 39.5. The van der Waals surface area contributed by atoms with Gasteiger partial charge in [-0.05, 0) is 24.3 Å². The highest BCUT2D eigenvalue weighted by Crippen LogP contribution is 2.35. The van der Waals surface area contributed by atoms with Crippen LogP contribution in [0.15, 0.2) is 51.8 Å². The highest BCUT2D eigenvalue weighted by molar-refractivity contribution is 7.92. The highest BCUT2D eigenvalue weighted by atomic mass is 35.5. The van der Waals surface area contributed by atoms with Gasteiger partial charge in [-0.15, -0.1) is 0 Å². The van der Waals surface area contributed by atoms with Gasteiger partial charge in [0.2, 0.25) is 5.76 Å². The maximum absolute atomic E-state index is 13.0. The molecule has 7 nitrogen and oxygen atoms in total. The number of benzene rings is 2. The fourth-order valence-electron chi connectivity index (χ4n) is 3.09. The molecule has 29 heavy (non-hydrogen) atoms. The summed E-state index contributed by atoms with van der Waals surface area (Å²) in [5, 5.41) is 0.470. The number of hydrogen-bond acceptors (Lipinski definition) is 5. The topological polar surface area (TPSA) is 88.8 Å². The normalized spacial score (nSPS) is 14.9. The Hall–Kier alpha value is -2.26. The number of hydrogen-bond donors (Lipinski definition) is 1. The molecule has 4 rings (SSSR count). The predicted molar refractivity (Wildman–Crippen MR) is 110 cm³/mol. The van der Waals surface area contributed by atoms with Crippen LogP contribution < -0.4 is 4.72 Å². The van der Waals surface area contributed by atoms with Crippen molar-refractivity contribution in [3.05, 3.63) is 58.3 Å². The van der Waals surface area contributed by atoms with Gasteiger partial charge in [-0.1, -0.05) is 41.4 Å². The van der Waals surface area contributed by atoms with Crippen LogP contribution in [0.5, 0.6) is 0 Å². The summed E-state index contributed by atoms with van der Waals surface area (Å²) in [7, 11) is -4.14. The van der Waals surface area contributed by atoms with Crippen LogP contribution in [0.4, 0.5) is 5.69 Å². The largest absolute Gasteiger partial charge is 0.449 e. The Bertz CT molecular complexity index is 1190. The first-order chi connectivity index (χ1) is 13.9. The number of nitrogens with zero attached hydrogens (tertiary/aromatic N) is 1. The van der Waals surface area contributed by atoms with Crippen molar-refractivity contribution in [1.82, 2.24) is 4.90 Å². The molecule has 1 amide bonds. The maximum atomic E-state index is 13.0. The zero-order valence-electron chi connectivity index (χ0n) is 15.0. The second kappa shape index (κ2) is 7.87. The van der Waals surface area contributed by atoms with Crippen molar-refractivity contribution in [3.63, 3.8) is 0 Å². The van der Waals surface area contributed by atoms with Crippen LogP contribution in [0.25, 0.3) is 11.0 Å². The Kier molecular flexibility index (Phi) is 5.44. The molecule has 1 N–H and O–H groups in total. The number of amides is 1. The molecule has 1 aliphatic rings. The molecule has 0 bridgehead atoms. The summed E-state index contributed by atoms with van der Waals surface area (Å²) in [6.45, 7) is 1.60. The third-order valence-electron chi connectivity index (χ3n) is 4.53. The molecule has 152 valence electrons. The molecule has 0 saturated carbocycles. The minimum Gasteiger partial charge on any atom is -0.449 e. The lowest BCUT2D eigenvalue weighted by Gasteiger charge is -2.26. The van der Waals surface area contributed by atoms with Gasteiger partial charge in [-0.3, -0.25) is 9.52 Å². The maximum Gasteiger partial charge on any atom is 0.291 e. The number of furan rings is 1. The number of carbonyl (C=O) groups excluding carboxylic acids is 1. The minimum absolute atomic E-state index is 0.0631. The number of morpholine rings is 1. The molecule has 0 radical (unpaired) electrons. The number of rotatable bonds is 4. The third kappa shape index (κ3) is 3.81. The van der Waals surface area contributed by atoms with Crippen molar-refractivity contribution in [3.8, 4) is 0 Å². The van der Waals surface area contributed by atoms with Gasteiger partial charge < -0.3 is 14.1 Å². The lowest BCUT2D eigenvalue weighted by Crippen LogP contribution is -2.40. The van der Waals surface area contributed by atoms with Gasteiger partial charge in [0.05, 0.1) is 23.3 Å². The molecular weight excluding hydrogens is 439 g/mol. The Morgan fingerprint density at radius 2 is 1.76 bits per heavy atom. The lowest BCUT2D eigenvalue weighted by molar-refractivity contribution is 0.0285. The average Bonchev–Trinajstić information content (AvgIpc) is 3.08. The molecule has 1 saturated heterocycles. The third-order valence-corrected chi connectivity index (χ3v) is 6.85. The summed E-state index contributed by atoms with van der Waals surface area (Å²) in [6.07, 6.45) is 0. The zero-order valence-corrected chi connectivity index (χ0v) is 17.4. The quantitative estimate of drug-likeness (QED) is 0.642. The van der Waals surface area contributed by atoms with E-state index in [4.69, 9.17) is 32.4 Å². The molecule has 0 aliphatic carbocycles. The Morgan fingerprint density at radius 1 is 1.03 bits per heavy atom. The first-order valence-corrected chi connectivity index (χ1v) is 11.0. The molecule has 3 aromatic rings. The molecule has 1 aliphatic heterocycles. The van der Waals surface area contributed by atoms with E-state index in [1.54, 1.807) is 29.2 Å². The summed E-state index contributed by atoms with van der Waals surface area (Å²) in [6, 6.07) is 11.1. The summed E-state index contributed by atoms with van der Waals surface area (Å²) in [4.78, 5) is 14.4. The molecule has 0 atom stereocenters. The number of fused-ring (bicyclic) bond motifs is 1. The monoisotopic (exact) mass is 454 g/mol. The van der Waals surface area contributed by atoms with Crippen LogP contribution in [-0.2, 0) is 14.8 Å². The number of ether oxygens (including phenoxy) is 1. The van der Waals surface area contributed by atoms with E-state index in [-0.39, 0.29) is 26.4 Å². The highest BCUT2D eigenvalue weighted by Gasteiger charge is 2.30. The number of carbonyl (C=O) groups is 1. The smallest absolute Gasteiger partial charge is 0.291 e. The zero-order chi connectivity index (χ0) is 20.6. The average molecular weight is 455 g/mol. The van der Waals surface area contributed by atoms with E-state index in [9.17, 15) is 13.2 Å². The van der Waals surface area contributed by atoms with Gasteiger partial charge >= 0.3 is 0 Å². The lowest BCUT2D eigenvalue weighted by atomic mass is 10.2. The van der Waals surface area contributed by atoms with Crippen molar-refractivity contribution in [2.24, 2.45) is 0 Å². The van der Waals surface area contributed by atoms with Crippen LogP contribution in [0, 0.1) is 0 Å². The standard InChI is InChI=1S/C19H16Cl2N2O5S/c20-13-5-3-7-15(16(13)21)29(25,26)22-17-12-4-1-2-6-14(12)28-18(17)19(24)23-8-10-27-11-9-23/h1-7,22H,8-11H2. The number of halogens is 2. The number of sulfonamides is 1. The SMILES string of the molecule is O=C(c1oc2ccccc2c1NS(=O)(=O)c1cccc(Cl)c1Cl)N1CCOCC1. The number of nitrogens with one attached hydrogen (secondary N) is 1. The second-order valence-corrected chi connectivity index (χ2v) is 8.80. The summed E-state index contributed by atoms with van der Waals surface area (Å²) in [5.74, 6) is -0.505. The predicted octanol–water partition coefficient (Wildman–Crippen LogP) is 4.01. The summed E-state index contributed by atoms with van der Waals surface area (Å²) in [5.41, 5.74) is 0.451. The van der Waals surface area contributed by atoms with Crippen molar-refractivity contribution >= 4 is 55.8 Å². The molecule has 1 aromatic heterocycles. The van der Waals surface area contributed by atoms with Gasteiger partial charge in [0.25, 0.3) is 15.9 Å². The van der Waals surface area contributed by atoms with Gasteiger partial charge in [-0.2, -0.15) is 0 Å². The van der Waals surface area contributed by atoms with E-state index in [1.165, 1.54) is 18.2 Å². The summed E-state index contributed by atoms with van der Waals surface area (Å²) >= 11 is 12.1. The van der Waals surface area contributed by atoms with Crippen LogP contribution in [0.1, 0.15) is 10.6 Å². The first kappa shape index (κ1) is 20.0. The number of para-hydroxylation sites is 1. The van der Waals surface area contributed by atoms with Crippen LogP contribution in [0.3, 0.4) is 0 Å². The molecular formula is C19H16Cl2N2O5S. The molecule has 2 aromatic carbocycles. The van der Waals surface area contributed by atoms with E-state index in [0.717, 1.165) is 0 Å². The van der Waals surface area contributed by atoms with E-state index in [0.29, 0.717) is 37.3 Å². The van der Waals surface area contributed by atoms with Crippen molar-refractivity contribution in [2.45, 2.75) is 4.90 Å². The second-order valence-electron chi connectivity index (χ2n) is 6.36. The molecule has 1 fully saturated rings. The number of anilines is 1. The van der Waals surface area contributed by atoms with E-state index < -0.39 is 15.9 Å². The van der Waals surface area contributed by atoms with Crippen LogP contribution in [-0.4, -0.2) is 45.5 Å². The van der Waals surface area contributed by atoms with Gasteiger partial charge in [0, 0.05) is 18.5 Å². The van der Waals surface area contributed by atoms with E-state index in [2.05, 4.69) is 4.72 Å². The van der Waals surface area contributed by atoms with Gasteiger partial charge in [-0.25, -0.2) is 8.42 Å². The Morgan fingerprint density at radius 3 is 2.52 bits per heavy atom. The van der Waals surface area contributed by atoms with Gasteiger partial charge in [0.15, 0.2) is 0 Å². The molecule has 10 heteroatoms. The Balaban J connectivity index is 1.80. The van der Waals surface area contributed by atoms with E-state index >= 15 is 0 Å². The van der Waals surface area contributed by atoms with Crippen molar-refractivity contribution in [2.75, 3.05) is 31.0 Å². The van der Waals surface area contributed by atoms with Crippen molar-refractivity contribution in [1.29, 1.82) is 0 Å². The fourth-order valence-corrected chi connectivity index (χ4v) is 4.93. The van der Waals surface area contributed by atoms with Crippen LogP contribution in [0.2, 0.25) is 10.0 Å². The minimum atomic E-state index is -4.14. The van der Waals surface area contributed by atoms with Crippen molar-refractivity contribution < 1.29 is 22.4 Å².